The van der Waals surface area contributed by atoms with Crippen molar-refractivity contribution < 1.29 is 9.47 Å². The largest absolute Gasteiger partial charge is 0.490 e. The van der Waals surface area contributed by atoms with Gasteiger partial charge < -0.3 is 14.8 Å². The molecule has 2 rings (SSSR count). The lowest BCUT2D eigenvalue weighted by molar-refractivity contribution is 0.272. The van der Waals surface area contributed by atoms with E-state index in [0.717, 1.165) is 30.9 Å². The topological polar surface area (TPSA) is 30.5 Å². The van der Waals surface area contributed by atoms with E-state index in [1.165, 1.54) is 0 Å². The molecule has 1 aliphatic carbocycles. The van der Waals surface area contributed by atoms with Crippen molar-refractivity contribution in [2.24, 2.45) is 0 Å². The first-order chi connectivity index (χ1) is 8.90. The first kappa shape index (κ1) is 13.0. The van der Waals surface area contributed by atoms with Gasteiger partial charge >= 0.3 is 0 Å². The summed E-state index contributed by atoms with van der Waals surface area (Å²) in [6, 6.07) is 8.40. The van der Waals surface area contributed by atoms with Crippen LogP contribution in [0.2, 0.25) is 0 Å². The molecular weight excluding hydrogens is 226 g/mol. The third-order valence-corrected chi connectivity index (χ3v) is 2.95. The highest BCUT2D eigenvalue weighted by atomic mass is 16.5. The van der Waals surface area contributed by atoms with E-state index in [0.29, 0.717) is 19.3 Å². The van der Waals surface area contributed by atoms with Crippen molar-refractivity contribution in [3.63, 3.8) is 0 Å². The summed E-state index contributed by atoms with van der Waals surface area (Å²) < 4.78 is 11.3. The monoisotopic (exact) mass is 247 g/mol. The van der Waals surface area contributed by atoms with Gasteiger partial charge in [0.05, 0.1) is 6.61 Å². The summed E-state index contributed by atoms with van der Waals surface area (Å²) in [7, 11) is 0. The molecule has 98 valence electrons. The van der Waals surface area contributed by atoms with E-state index in [1.54, 1.807) is 0 Å². The number of rotatable bonds is 7. The summed E-state index contributed by atoms with van der Waals surface area (Å²) >= 11 is 0. The Kier molecular flexibility index (Phi) is 5.09. The first-order valence-electron chi connectivity index (χ1n) is 6.63. The zero-order valence-corrected chi connectivity index (χ0v) is 10.9. The second kappa shape index (κ2) is 7.07. The second-order valence-corrected chi connectivity index (χ2v) is 4.32. The van der Waals surface area contributed by atoms with Crippen molar-refractivity contribution >= 4 is 0 Å². The Bertz CT molecular complexity index is 382. The highest BCUT2D eigenvalue weighted by molar-refractivity contribution is 5.39. The van der Waals surface area contributed by atoms with Crippen LogP contribution in [0.25, 0.3) is 0 Å². The summed E-state index contributed by atoms with van der Waals surface area (Å²) in [6.45, 7) is 4.17. The molecule has 0 heterocycles. The fourth-order valence-electron chi connectivity index (χ4n) is 2.05. The second-order valence-electron chi connectivity index (χ2n) is 4.32. The molecule has 0 amide bonds. The number of para-hydroxylation sites is 2. The Labute approximate surface area is 109 Å². The average Bonchev–Trinajstić information content (AvgIpc) is 2.90. The van der Waals surface area contributed by atoms with Crippen LogP contribution in [0.3, 0.4) is 0 Å². The highest BCUT2D eigenvalue weighted by Gasteiger charge is 2.08. The fourth-order valence-corrected chi connectivity index (χ4v) is 2.05. The number of benzene rings is 1. The van der Waals surface area contributed by atoms with Gasteiger partial charge in [-0.15, -0.1) is 0 Å². The summed E-state index contributed by atoms with van der Waals surface area (Å²) in [6.07, 6.45) is 6.72. The van der Waals surface area contributed by atoms with E-state index in [1.807, 2.05) is 31.2 Å². The molecule has 3 heteroatoms. The number of hydrogen-bond acceptors (Lipinski definition) is 3. The lowest BCUT2D eigenvalue weighted by Gasteiger charge is -2.14. The quantitative estimate of drug-likeness (QED) is 0.593. The van der Waals surface area contributed by atoms with Crippen LogP contribution in [-0.4, -0.2) is 25.8 Å². The predicted molar refractivity (Wildman–Crippen MR) is 73.3 cm³/mol. The smallest absolute Gasteiger partial charge is 0.161 e. The van der Waals surface area contributed by atoms with Crippen LogP contribution in [0.5, 0.6) is 11.5 Å². The van der Waals surface area contributed by atoms with Gasteiger partial charge in [0.15, 0.2) is 11.5 Å². The standard InChI is InChI=1S/C15H21NO2/c1-2-17-14-9-5-6-10-15(14)18-12-11-16-13-7-3-4-8-13/h3-6,9-10,13,16H,2,7-8,11-12H2,1H3. The molecule has 0 aromatic heterocycles. The molecular formula is C15H21NO2. The Hall–Kier alpha value is -1.48. The molecule has 18 heavy (non-hydrogen) atoms. The molecule has 1 aromatic rings. The molecule has 0 spiro atoms. The van der Waals surface area contributed by atoms with Gasteiger partial charge in [0.1, 0.15) is 6.61 Å². The molecule has 1 N–H and O–H groups in total. The highest BCUT2D eigenvalue weighted by Crippen LogP contribution is 2.26. The van der Waals surface area contributed by atoms with Crippen molar-refractivity contribution in [3.05, 3.63) is 36.4 Å². The van der Waals surface area contributed by atoms with E-state index < -0.39 is 0 Å². The Morgan fingerprint density at radius 1 is 1.11 bits per heavy atom. The maximum Gasteiger partial charge on any atom is 0.161 e. The molecule has 0 unspecified atom stereocenters. The van der Waals surface area contributed by atoms with Crippen molar-refractivity contribution in [1.82, 2.24) is 5.32 Å². The normalized spacial score (nSPS) is 14.9. The number of hydrogen-bond donors (Lipinski definition) is 1. The van der Waals surface area contributed by atoms with Crippen LogP contribution < -0.4 is 14.8 Å². The van der Waals surface area contributed by atoms with E-state index in [9.17, 15) is 0 Å². The zero-order valence-electron chi connectivity index (χ0n) is 10.9. The van der Waals surface area contributed by atoms with Gasteiger partial charge in [-0.25, -0.2) is 0 Å². The molecule has 0 atom stereocenters. The molecule has 0 saturated carbocycles. The summed E-state index contributed by atoms with van der Waals surface area (Å²) in [5.74, 6) is 1.65. The first-order valence-corrected chi connectivity index (χ1v) is 6.63. The van der Waals surface area contributed by atoms with Gasteiger partial charge in [0.25, 0.3) is 0 Å². The maximum atomic E-state index is 5.74. The van der Waals surface area contributed by atoms with Crippen LogP contribution in [0.15, 0.2) is 36.4 Å². The van der Waals surface area contributed by atoms with E-state index in [2.05, 4.69) is 17.5 Å². The molecule has 0 bridgehead atoms. The number of nitrogens with one attached hydrogen (secondary N) is 1. The van der Waals surface area contributed by atoms with Gasteiger partial charge in [-0.05, 0) is 31.9 Å². The molecule has 0 fully saturated rings. The summed E-state index contributed by atoms with van der Waals surface area (Å²) in [4.78, 5) is 0. The van der Waals surface area contributed by atoms with Gasteiger partial charge in [-0.2, -0.15) is 0 Å². The minimum absolute atomic E-state index is 0.593. The van der Waals surface area contributed by atoms with Gasteiger partial charge in [-0.3, -0.25) is 0 Å². The Balaban J connectivity index is 1.72. The van der Waals surface area contributed by atoms with Crippen LogP contribution >= 0.6 is 0 Å². The lowest BCUT2D eigenvalue weighted by atomic mass is 10.2. The van der Waals surface area contributed by atoms with Crippen molar-refractivity contribution in [2.45, 2.75) is 25.8 Å². The third-order valence-electron chi connectivity index (χ3n) is 2.95. The predicted octanol–water partition coefficient (Wildman–Crippen LogP) is 2.77. The average molecular weight is 247 g/mol. The Morgan fingerprint density at radius 2 is 1.78 bits per heavy atom. The lowest BCUT2D eigenvalue weighted by Crippen LogP contribution is -2.30. The summed E-state index contributed by atoms with van der Waals surface area (Å²) in [5.41, 5.74) is 0. The maximum absolute atomic E-state index is 5.74. The van der Waals surface area contributed by atoms with Gasteiger partial charge in [0.2, 0.25) is 0 Å². The molecule has 3 nitrogen and oxygen atoms in total. The van der Waals surface area contributed by atoms with E-state index in [-0.39, 0.29) is 0 Å². The van der Waals surface area contributed by atoms with Crippen LogP contribution in [0.1, 0.15) is 19.8 Å². The fraction of sp³-hybridized carbons (Fsp3) is 0.467. The van der Waals surface area contributed by atoms with Gasteiger partial charge in [-0.1, -0.05) is 24.3 Å². The molecule has 0 aliphatic heterocycles. The van der Waals surface area contributed by atoms with Crippen LogP contribution in [0.4, 0.5) is 0 Å². The molecule has 0 saturated heterocycles. The molecule has 1 aliphatic rings. The molecule has 0 radical (unpaired) electrons. The molecule has 1 aromatic carbocycles. The minimum atomic E-state index is 0.593. The SMILES string of the molecule is CCOc1ccccc1OCCNC1CC=CC1. The van der Waals surface area contributed by atoms with E-state index >= 15 is 0 Å². The zero-order chi connectivity index (χ0) is 12.6. The Morgan fingerprint density at radius 3 is 2.44 bits per heavy atom. The minimum Gasteiger partial charge on any atom is -0.490 e. The van der Waals surface area contributed by atoms with Crippen LogP contribution in [-0.2, 0) is 0 Å². The van der Waals surface area contributed by atoms with Crippen molar-refractivity contribution in [1.29, 1.82) is 0 Å². The number of ether oxygens (including phenoxy) is 2. The van der Waals surface area contributed by atoms with E-state index in [4.69, 9.17) is 9.47 Å². The van der Waals surface area contributed by atoms with Gasteiger partial charge in [0, 0.05) is 12.6 Å². The van der Waals surface area contributed by atoms with Crippen molar-refractivity contribution in [2.75, 3.05) is 19.8 Å². The summed E-state index contributed by atoms with van der Waals surface area (Å²) in [5, 5.41) is 3.47. The third kappa shape index (κ3) is 3.77. The van der Waals surface area contributed by atoms with Crippen molar-refractivity contribution in [3.8, 4) is 11.5 Å². The van der Waals surface area contributed by atoms with Crippen LogP contribution in [0, 0.1) is 0 Å².